The minimum absolute atomic E-state index is 0. The predicted molar refractivity (Wildman–Crippen MR) is 117 cm³/mol. The lowest BCUT2D eigenvalue weighted by atomic mass is 10.1. The van der Waals surface area contributed by atoms with Gasteiger partial charge >= 0.3 is 0 Å². The summed E-state index contributed by atoms with van der Waals surface area (Å²) >= 11 is 0. The van der Waals surface area contributed by atoms with E-state index in [2.05, 4.69) is 20.5 Å². The lowest BCUT2D eigenvalue weighted by Gasteiger charge is -2.21. The number of likely N-dealkylation sites (tertiary alicyclic amines) is 1. The van der Waals surface area contributed by atoms with E-state index in [0.717, 1.165) is 49.7 Å². The molecule has 146 valence electrons. The molecule has 2 N–H and O–H groups in total. The molecule has 0 aromatic heterocycles. The van der Waals surface area contributed by atoms with Gasteiger partial charge in [0.25, 0.3) is 0 Å². The van der Waals surface area contributed by atoms with Crippen LogP contribution in [0.2, 0.25) is 0 Å². The second-order valence-electron chi connectivity index (χ2n) is 6.45. The molecule has 1 aliphatic rings. The van der Waals surface area contributed by atoms with Gasteiger partial charge in [-0.05, 0) is 30.5 Å². The van der Waals surface area contributed by atoms with E-state index in [9.17, 15) is 4.79 Å². The summed E-state index contributed by atoms with van der Waals surface area (Å²) in [5, 5.41) is 6.32. The number of aliphatic imine (C=N–C) groups is 1. The summed E-state index contributed by atoms with van der Waals surface area (Å²) in [6, 6.07) is 7.94. The van der Waals surface area contributed by atoms with Gasteiger partial charge in [-0.2, -0.15) is 0 Å². The Hall–Kier alpha value is -1.35. The van der Waals surface area contributed by atoms with Gasteiger partial charge in [-0.3, -0.25) is 9.79 Å². The van der Waals surface area contributed by atoms with Crippen molar-refractivity contribution in [2.75, 3.05) is 39.2 Å². The number of carbonyl (C=O) groups is 1. The molecule has 1 aromatic carbocycles. The van der Waals surface area contributed by atoms with Gasteiger partial charge in [0.2, 0.25) is 5.91 Å². The third-order valence-corrected chi connectivity index (χ3v) is 4.36. The number of amides is 1. The second kappa shape index (κ2) is 12.1. The van der Waals surface area contributed by atoms with E-state index in [1.165, 1.54) is 0 Å². The highest BCUT2D eigenvalue weighted by Crippen LogP contribution is 2.16. The number of guanidine groups is 1. The molecule has 0 bridgehead atoms. The van der Waals surface area contributed by atoms with Gasteiger partial charge in [-0.1, -0.05) is 19.1 Å². The number of nitrogens with zero attached hydrogens (tertiary/aromatic N) is 2. The fourth-order valence-corrected chi connectivity index (χ4v) is 3.07. The molecule has 0 radical (unpaired) electrons. The highest BCUT2D eigenvalue weighted by molar-refractivity contribution is 14.0. The first-order chi connectivity index (χ1) is 12.2. The van der Waals surface area contributed by atoms with Crippen LogP contribution in [0.4, 0.5) is 5.69 Å². The van der Waals surface area contributed by atoms with Gasteiger partial charge in [0, 0.05) is 51.8 Å². The Bertz CT molecular complexity index is 577. The Morgan fingerprint density at radius 3 is 2.69 bits per heavy atom. The molecule has 1 aromatic rings. The predicted octanol–water partition coefficient (Wildman–Crippen LogP) is 3.09. The maximum atomic E-state index is 11.6. The highest BCUT2D eigenvalue weighted by Gasteiger charge is 2.24. The zero-order valence-corrected chi connectivity index (χ0v) is 18.3. The molecule has 1 saturated heterocycles. The van der Waals surface area contributed by atoms with Gasteiger partial charge < -0.3 is 20.3 Å². The van der Waals surface area contributed by atoms with Crippen molar-refractivity contribution in [2.45, 2.75) is 32.7 Å². The van der Waals surface area contributed by atoms with Gasteiger partial charge in [-0.15, -0.1) is 24.0 Å². The van der Waals surface area contributed by atoms with Crippen LogP contribution in [0.5, 0.6) is 0 Å². The van der Waals surface area contributed by atoms with Crippen molar-refractivity contribution in [2.24, 2.45) is 10.9 Å². The summed E-state index contributed by atoms with van der Waals surface area (Å²) in [5.74, 6) is 1.57. The molecule has 0 aliphatic carbocycles. The molecule has 1 amide bonds. The minimum atomic E-state index is 0. The molecular formula is C19H31IN4O2. The lowest BCUT2D eigenvalue weighted by molar-refractivity contribution is -0.116. The largest absolute Gasteiger partial charge is 0.384 e. The number of rotatable bonds is 7. The Morgan fingerprint density at radius 1 is 1.35 bits per heavy atom. The van der Waals surface area contributed by atoms with Crippen molar-refractivity contribution in [1.29, 1.82) is 0 Å². The van der Waals surface area contributed by atoms with Crippen molar-refractivity contribution in [3.63, 3.8) is 0 Å². The van der Waals surface area contributed by atoms with Crippen LogP contribution in [0.1, 0.15) is 31.7 Å². The molecule has 7 heteroatoms. The van der Waals surface area contributed by atoms with Crippen LogP contribution in [0.15, 0.2) is 29.3 Å². The lowest BCUT2D eigenvalue weighted by Crippen LogP contribution is -2.39. The normalized spacial score (nSPS) is 17.0. The van der Waals surface area contributed by atoms with Crippen LogP contribution >= 0.6 is 24.0 Å². The van der Waals surface area contributed by atoms with E-state index >= 15 is 0 Å². The standard InChI is InChI=1S/C19H30N4O2.HI/c1-4-5-18(24)22-17-8-6-15(7-9-17)12-21-19(20-2)23-11-10-16(13-23)14-25-3;/h6-9,16H,4-5,10-14H2,1-3H3,(H,20,21)(H,22,24);1H. The fourth-order valence-electron chi connectivity index (χ4n) is 3.07. The smallest absolute Gasteiger partial charge is 0.224 e. The number of hydrogen-bond donors (Lipinski definition) is 2. The van der Waals surface area contributed by atoms with Crippen LogP contribution < -0.4 is 10.6 Å². The number of halogens is 1. The first kappa shape index (κ1) is 22.7. The van der Waals surface area contributed by atoms with Crippen molar-refractivity contribution in [3.8, 4) is 0 Å². The molecule has 0 spiro atoms. The van der Waals surface area contributed by atoms with E-state index < -0.39 is 0 Å². The first-order valence-electron chi connectivity index (χ1n) is 8.99. The summed E-state index contributed by atoms with van der Waals surface area (Å²) < 4.78 is 5.25. The Kier molecular flexibility index (Phi) is 10.6. The van der Waals surface area contributed by atoms with Crippen LogP contribution in [0.25, 0.3) is 0 Å². The summed E-state index contributed by atoms with van der Waals surface area (Å²) in [6.07, 6.45) is 2.55. The van der Waals surface area contributed by atoms with E-state index in [1.807, 2.05) is 38.2 Å². The maximum Gasteiger partial charge on any atom is 0.224 e. The number of benzene rings is 1. The average Bonchev–Trinajstić information content (AvgIpc) is 3.06. The Morgan fingerprint density at radius 2 is 2.08 bits per heavy atom. The van der Waals surface area contributed by atoms with E-state index in [0.29, 0.717) is 18.9 Å². The van der Waals surface area contributed by atoms with Gasteiger partial charge in [0.1, 0.15) is 0 Å². The monoisotopic (exact) mass is 474 g/mol. The first-order valence-corrected chi connectivity index (χ1v) is 8.99. The van der Waals surface area contributed by atoms with Crippen molar-refractivity contribution in [1.82, 2.24) is 10.2 Å². The third-order valence-electron chi connectivity index (χ3n) is 4.36. The fraction of sp³-hybridized carbons (Fsp3) is 0.579. The zero-order valence-electron chi connectivity index (χ0n) is 16.0. The molecule has 6 nitrogen and oxygen atoms in total. The van der Waals surface area contributed by atoms with E-state index in [-0.39, 0.29) is 29.9 Å². The Labute approximate surface area is 173 Å². The quantitative estimate of drug-likeness (QED) is 0.362. The number of hydrogen-bond acceptors (Lipinski definition) is 3. The molecule has 1 atom stereocenters. The van der Waals surface area contributed by atoms with Gasteiger partial charge in [-0.25, -0.2) is 0 Å². The number of nitrogens with one attached hydrogen (secondary N) is 2. The third kappa shape index (κ3) is 7.11. The van der Waals surface area contributed by atoms with Crippen LogP contribution in [-0.2, 0) is 16.1 Å². The number of ether oxygens (including phenoxy) is 1. The number of methoxy groups -OCH3 is 1. The molecule has 1 unspecified atom stereocenters. The molecule has 26 heavy (non-hydrogen) atoms. The number of anilines is 1. The minimum Gasteiger partial charge on any atom is -0.384 e. The number of carbonyl (C=O) groups excluding carboxylic acids is 1. The van der Waals surface area contributed by atoms with E-state index in [1.54, 1.807) is 7.11 Å². The molecular weight excluding hydrogens is 443 g/mol. The van der Waals surface area contributed by atoms with Crippen LogP contribution in [0, 0.1) is 5.92 Å². The molecule has 1 aliphatic heterocycles. The summed E-state index contributed by atoms with van der Waals surface area (Å²) in [4.78, 5) is 18.3. The summed E-state index contributed by atoms with van der Waals surface area (Å²) in [6.45, 7) is 5.51. The SMILES string of the molecule is CCCC(=O)Nc1ccc(CNC(=NC)N2CCC(COC)C2)cc1.I. The van der Waals surface area contributed by atoms with Crippen molar-refractivity contribution in [3.05, 3.63) is 29.8 Å². The van der Waals surface area contributed by atoms with Gasteiger partial charge in [0.05, 0.1) is 6.61 Å². The molecule has 1 fully saturated rings. The molecule has 1 heterocycles. The topological polar surface area (TPSA) is 66.0 Å². The molecule has 2 rings (SSSR count). The summed E-state index contributed by atoms with van der Waals surface area (Å²) in [5.41, 5.74) is 2.00. The molecule has 0 saturated carbocycles. The van der Waals surface area contributed by atoms with Crippen LogP contribution in [0.3, 0.4) is 0 Å². The summed E-state index contributed by atoms with van der Waals surface area (Å²) in [7, 11) is 3.57. The zero-order chi connectivity index (χ0) is 18.1. The highest BCUT2D eigenvalue weighted by atomic mass is 127. The van der Waals surface area contributed by atoms with Crippen molar-refractivity contribution < 1.29 is 9.53 Å². The van der Waals surface area contributed by atoms with Gasteiger partial charge in [0.15, 0.2) is 5.96 Å². The van der Waals surface area contributed by atoms with E-state index in [4.69, 9.17) is 4.74 Å². The van der Waals surface area contributed by atoms with Crippen LogP contribution in [-0.4, -0.2) is 50.6 Å². The average molecular weight is 474 g/mol. The second-order valence-corrected chi connectivity index (χ2v) is 6.45. The maximum absolute atomic E-state index is 11.6. The van der Waals surface area contributed by atoms with Crippen molar-refractivity contribution >= 4 is 41.5 Å². The Balaban J connectivity index is 0.00000338.